The van der Waals surface area contributed by atoms with Crippen LogP contribution in [0.15, 0.2) is 89.9 Å². The maximum atomic E-state index is 13.5. The fourth-order valence-corrected chi connectivity index (χ4v) is 4.21. The molecule has 178 valence electrons. The minimum Gasteiger partial charge on any atom is -0.507 e. The molecule has 0 atom stereocenters. The molecule has 0 unspecified atom stereocenters. The largest absolute Gasteiger partial charge is 0.507 e. The van der Waals surface area contributed by atoms with Crippen LogP contribution in [0.25, 0.3) is 21.9 Å². The molecule has 4 aromatic rings. The predicted octanol–water partition coefficient (Wildman–Crippen LogP) is 7.47. The molecule has 0 bridgehead atoms. The van der Waals surface area contributed by atoms with E-state index in [4.69, 9.17) is 4.74 Å². The Morgan fingerprint density at radius 3 is 2.43 bits per heavy atom. The quantitative estimate of drug-likeness (QED) is 0.142. The summed E-state index contributed by atoms with van der Waals surface area (Å²) in [6.07, 6.45) is 6.65. The highest BCUT2D eigenvalue weighted by Crippen LogP contribution is 2.35. The molecule has 0 aliphatic heterocycles. The zero-order chi connectivity index (χ0) is 24.5. The van der Waals surface area contributed by atoms with Crippen molar-refractivity contribution in [1.29, 1.82) is 0 Å². The van der Waals surface area contributed by atoms with Crippen molar-refractivity contribution < 1.29 is 14.6 Å². The van der Waals surface area contributed by atoms with Gasteiger partial charge in [-0.25, -0.2) is 0 Å². The van der Waals surface area contributed by atoms with Crippen LogP contribution in [-0.4, -0.2) is 30.3 Å². The van der Waals surface area contributed by atoms with Crippen LogP contribution in [0.3, 0.4) is 0 Å². The third kappa shape index (κ3) is 5.96. The summed E-state index contributed by atoms with van der Waals surface area (Å²) in [5.74, 6) is 0.520. The number of phenols is 1. The van der Waals surface area contributed by atoms with Crippen LogP contribution in [0.2, 0.25) is 0 Å². The Morgan fingerprint density at radius 2 is 1.63 bits per heavy atom. The zero-order valence-corrected chi connectivity index (χ0v) is 20.1. The number of benzene rings is 4. The summed E-state index contributed by atoms with van der Waals surface area (Å²) in [7, 11) is 0. The van der Waals surface area contributed by atoms with Crippen molar-refractivity contribution in [1.82, 2.24) is 0 Å². The molecule has 0 saturated carbocycles. The topological polar surface area (TPSA) is 58.9 Å². The highest BCUT2D eigenvalue weighted by atomic mass is 16.5. The van der Waals surface area contributed by atoms with Gasteiger partial charge in [-0.1, -0.05) is 80.8 Å². The van der Waals surface area contributed by atoms with Gasteiger partial charge in [0.1, 0.15) is 18.1 Å². The van der Waals surface area contributed by atoms with Gasteiger partial charge in [-0.2, -0.15) is 0 Å². The lowest BCUT2D eigenvalue weighted by Gasteiger charge is -2.14. The van der Waals surface area contributed by atoms with Crippen molar-refractivity contribution in [2.24, 2.45) is 4.99 Å². The van der Waals surface area contributed by atoms with E-state index >= 15 is 0 Å². The van der Waals surface area contributed by atoms with Crippen molar-refractivity contribution >= 4 is 22.8 Å². The van der Waals surface area contributed by atoms with E-state index in [9.17, 15) is 9.90 Å². The van der Waals surface area contributed by atoms with E-state index in [1.165, 1.54) is 25.3 Å². The summed E-state index contributed by atoms with van der Waals surface area (Å²) in [5.41, 5.74) is 2.60. The summed E-state index contributed by atoms with van der Waals surface area (Å²) >= 11 is 0. The molecule has 0 fully saturated rings. The number of rotatable bonds is 11. The first-order valence-electron chi connectivity index (χ1n) is 12.2. The fourth-order valence-electron chi connectivity index (χ4n) is 4.21. The van der Waals surface area contributed by atoms with E-state index in [2.05, 4.69) is 11.9 Å². The van der Waals surface area contributed by atoms with Crippen molar-refractivity contribution in [3.05, 3.63) is 96.1 Å². The van der Waals surface area contributed by atoms with Gasteiger partial charge in [0.25, 0.3) is 0 Å². The van der Waals surface area contributed by atoms with Crippen LogP contribution in [0.5, 0.6) is 11.5 Å². The van der Waals surface area contributed by atoms with Crippen LogP contribution in [0.4, 0.5) is 0 Å². The average molecular weight is 466 g/mol. The average Bonchev–Trinajstić information content (AvgIpc) is 2.90. The highest BCUT2D eigenvalue weighted by molar-refractivity contribution is 6.18. The van der Waals surface area contributed by atoms with Gasteiger partial charge in [-0.15, -0.1) is 0 Å². The first-order valence-corrected chi connectivity index (χ1v) is 12.2. The first-order chi connectivity index (χ1) is 17.2. The van der Waals surface area contributed by atoms with E-state index in [0.717, 1.165) is 40.6 Å². The molecule has 4 aromatic carbocycles. The number of hydrogen-bond acceptors (Lipinski definition) is 4. The molecular formula is C31H31NO3. The normalized spacial score (nSPS) is 11.2. The van der Waals surface area contributed by atoms with Crippen LogP contribution in [0, 0.1) is 0 Å². The first kappa shape index (κ1) is 24.2. The predicted molar refractivity (Wildman–Crippen MR) is 144 cm³/mol. The zero-order valence-electron chi connectivity index (χ0n) is 20.1. The van der Waals surface area contributed by atoms with E-state index in [1.807, 2.05) is 66.9 Å². The van der Waals surface area contributed by atoms with Gasteiger partial charge in [0.05, 0.1) is 5.56 Å². The van der Waals surface area contributed by atoms with Crippen LogP contribution in [0.1, 0.15) is 48.5 Å². The molecule has 0 aliphatic carbocycles. The standard InChI is InChI=1S/C31H31NO3/c1-2-3-4-9-20-32-21-22-35-25-17-14-24(15-18-25)30-26-11-6-5-10-23(26)16-19-28(30)31(34)27-12-7-8-13-29(27)33/h5-8,10-19,21,33H,2-4,9,20,22H2,1H3. The van der Waals surface area contributed by atoms with E-state index < -0.39 is 0 Å². The molecule has 0 saturated heterocycles. The molecule has 4 nitrogen and oxygen atoms in total. The van der Waals surface area contributed by atoms with Gasteiger partial charge in [0.2, 0.25) is 0 Å². The lowest BCUT2D eigenvalue weighted by Crippen LogP contribution is -2.04. The number of aromatic hydroxyl groups is 1. The van der Waals surface area contributed by atoms with Crippen LogP contribution >= 0.6 is 0 Å². The van der Waals surface area contributed by atoms with Gasteiger partial charge in [0, 0.05) is 23.9 Å². The summed E-state index contributed by atoms with van der Waals surface area (Å²) in [4.78, 5) is 17.9. The Morgan fingerprint density at radius 1 is 0.857 bits per heavy atom. The molecule has 0 aliphatic rings. The van der Waals surface area contributed by atoms with E-state index in [1.54, 1.807) is 18.2 Å². The molecule has 4 rings (SSSR count). The van der Waals surface area contributed by atoms with Crippen molar-refractivity contribution in [2.45, 2.75) is 32.6 Å². The molecular weight excluding hydrogens is 434 g/mol. The van der Waals surface area contributed by atoms with Crippen molar-refractivity contribution in [3.63, 3.8) is 0 Å². The number of phenolic OH excluding ortho intramolecular Hbond substituents is 1. The maximum Gasteiger partial charge on any atom is 0.197 e. The second-order valence-electron chi connectivity index (χ2n) is 8.54. The third-order valence-electron chi connectivity index (χ3n) is 6.06. The van der Waals surface area contributed by atoms with Gasteiger partial charge >= 0.3 is 0 Å². The number of ketones is 1. The Balaban J connectivity index is 1.57. The molecule has 0 spiro atoms. The lowest BCUT2D eigenvalue weighted by atomic mass is 9.89. The SMILES string of the molecule is CCCCCCN=CCOc1ccc(-c2c(C(=O)c3ccccc3O)ccc3ccccc23)cc1. The van der Waals surface area contributed by atoms with E-state index in [0.29, 0.717) is 12.2 Å². The number of fused-ring (bicyclic) bond motifs is 1. The lowest BCUT2D eigenvalue weighted by molar-refractivity contribution is 0.103. The smallest absolute Gasteiger partial charge is 0.197 e. The van der Waals surface area contributed by atoms with Crippen molar-refractivity contribution in [3.8, 4) is 22.6 Å². The number of hydrogen-bond donors (Lipinski definition) is 1. The Kier molecular flexibility index (Phi) is 8.29. The Labute approximate surface area is 206 Å². The number of aliphatic imine (C=N–C) groups is 1. The third-order valence-corrected chi connectivity index (χ3v) is 6.06. The number of carbonyl (C=O) groups is 1. The van der Waals surface area contributed by atoms with Gasteiger partial charge in [-0.3, -0.25) is 9.79 Å². The minimum atomic E-state index is -0.209. The maximum absolute atomic E-state index is 13.5. The number of nitrogens with zero attached hydrogens (tertiary/aromatic N) is 1. The van der Waals surface area contributed by atoms with Crippen LogP contribution in [-0.2, 0) is 0 Å². The second-order valence-corrected chi connectivity index (χ2v) is 8.54. The van der Waals surface area contributed by atoms with Crippen molar-refractivity contribution in [2.75, 3.05) is 13.2 Å². The second kappa shape index (κ2) is 12.0. The van der Waals surface area contributed by atoms with E-state index in [-0.39, 0.29) is 17.1 Å². The summed E-state index contributed by atoms with van der Waals surface area (Å²) in [5, 5.41) is 12.3. The Hall–Kier alpha value is -3.92. The molecule has 0 heterocycles. The molecule has 4 heteroatoms. The molecule has 0 radical (unpaired) electrons. The minimum absolute atomic E-state index is 0.0209. The summed E-state index contributed by atoms with van der Waals surface area (Å²) in [6.45, 7) is 3.48. The monoisotopic (exact) mass is 465 g/mol. The number of unbranched alkanes of at least 4 members (excludes halogenated alkanes) is 3. The van der Waals surface area contributed by atoms with Gasteiger partial charge in [-0.05, 0) is 53.1 Å². The molecule has 1 N–H and O–H groups in total. The highest BCUT2D eigenvalue weighted by Gasteiger charge is 2.19. The van der Waals surface area contributed by atoms with Gasteiger partial charge in [0.15, 0.2) is 5.78 Å². The summed E-state index contributed by atoms with van der Waals surface area (Å²) < 4.78 is 5.83. The van der Waals surface area contributed by atoms with Gasteiger partial charge < -0.3 is 9.84 Å². The Bertz CT molecular complexity index is 1310. The molecule has 0 amide bonds. The molecule has 0 aromatic heterocycles. The summed E-state index contributed by atoms with van der Waals surface area (Å²) in [6, 6.07) is 26.2. The number of carbonyl (C=O) groups excluding carboxylic acids is 1. The fraction of sp³-hybridized carbons (Fsp3) is 0.226. The number of para-hydroxylation sites is 1. The molecule has 35 heavy (non-hydrogen) atoms. The number of ether oxygens (including phenoxy) is 1. The van der Waals surface area contributed by atoms with Crippen LogP contribution < -0.4 is 4.74 Å².